The molecule has 1 N–H and O–H groups in total. The molecule has 0 bridgehead atoms. The molecule has 2 nitrogen and oxygen atoms in total. The van der Waals surface area contributed by atoms with Crippen LogP contribution in [-0.2, 0) is 4.74 Å². The number of benzene rings is 1. The van der Waals surface area contributed by atoms with Gasteiger partial charge in [0.2, 0.25) is 0 Å². The lowest BCUT2D eigenvalue weighted by Crippen LogP contribution is -2.40. The van der Waals surface area contributed by atoms with Gasteiger partial charge in [0.25, 0.3) is 0 Å². The van der Waals surface area contributed by atoms with Gasteiger partial charge in [0.15, 0.2) is 0 Å². The molecule has 1 aliphatic rings. The molecule has 0 saturated carbocycles. The van der Waals surface area contributed by atoms with Gasteiger partial charge in [-0.3, -0.25) is 0 Å². The first kappa shape index (κ1) is 14.2. The van der Waals surface area contributed by atoms with E-state index in [4.69, 9.17) is 16.3 Å². The fourth-order valence-electron chi connectivity index (χ4n) is 2.28. The van der Waals surface area contributed by atoms with E-state index in [2.05, 4.69) is 11.4 Å². The Labute approximate surface area is 118 Å². The summed E-state index contributed by atoms with van der Waals surface area (Å²) in [5.74, 6) is 1.66. The molecule has 0 aromatic heterocycles. The van der Waals surface area contributed by atoms with Crippen LogP contribution in [0.3, 0.4) is 0 Å². The zero-order valence-corrected chi connectivity index (χ0v) is 12.3. The molecule has 2 atom stereocenters. The van der Waals surface area contributed by atoms with Crippen LogP contribution < -0.4 is 5.32 Å². The minimum atomic E-state index is 0.492. The van der Waals surface area contributed by atoms with E-state index in [1.54, 1.807) is 0 Å². The first-order valence-corrected chi connectivity index (χ1v) is 7.80. The Morgan fingerprint density at radius 1 is 1.50 bits per heavy atom. The Morgan fingerprint density at radius 3 is 3.00 bits per heavy atom. The van der Waals surface area contributed by atoms with Crippen LogP contribution in [0.1, 0.15) is 12.8 Å². The van der Waals surface area contributed by atoms with E-state index >= 15 is 0 Å². The van der Waals surface area contributed by atoms with Gasteiger partial charge < -0.3 is 10.1 Å². The molecule has 1 saturated heterocycles. The van der Waals surface area contributed by atoms with Crippen LogP contribution in [0.2, 0.25) is 5.02 Å². The molecule has 0 amide bonds. The minimum Gasteiger partial charge on any atom is -0.381 e. The summed E-state index contributed by atoms with van der Waals surface area (Å²) in [4.78, 5) is 1.16. The van der Waals surface area contributed by atoms with Gasteiger partial charge >= 0.3 is 0 Å². The van der Waals surface area contributed by atoms with Crippen molar-refractivity contribution in [1.82, 2.24) is 5.32 Å². The van der Waals surface area contributed by atoms with Crippen LogP contribution in [-0.4, -0.2) is 32.1 Å². The van der Waals surface area contributed by atoms with E-state index in [1.807, 2.05) is 37.0 Å². The number of hydrogen-bond acceptors (Lipinski definition) is 3. The van der Waals surface area contributed by atoms with Crippen molar-refractivity contribution < 1.29 is 4.74 Å². The van der Waals surface area contributed by atoms with Crippen LogP contribution in [0, 0.1) is 5.92 Å². The van der Waals surface area contributed by atoms with Crippen LogP contribution >= 0.6 is 23.4 Å². The summed E-state index contributed by atoms with van der Waals surface area (Å²) < 4.78 is 5.57. The van der Waals surface area contributed by atoms with Crippen molar-refractivity contribution in [2.75, 3.05) is 26.0 Å². The predicted octanol–water partition coefficient (Wildman–Crippen LogP) is 3.45. The second-order valence-electron chi connectivity index (χ2n) is 4.61. The van der Waals surface area contributed by atoms with E-state index < -0.39 is 0 Å². The quantitative estimate of drug-likeness (QED) is 0.838. The zero-order chi connectivity index (χ0) is 12.8. The molecule has 0 radical (unpaired) electrons. The average Bonchev–Trinajstić information content (AvgIpc) is 2.42. The standard InChI is InChI=1S/C14H20ClNOS/c1-16-13(11-5-4-8-17-9-11)10-18-14-7-3-2-6-12(14)15/h2-3,6-7,11,13,16H,4-5,8-10H2,1H3. The summed E-state index contributed by atoms with van der Waals surface area (Å²) in [6.45, 7) is 1.80. The molecule has 1 aromatic carbocycles. The third-order valence-corrected chi connectivity index (χ3v) is 5.02. The highest BCUT2D eigenvalue weighted by Gasteiger charge is 2.23. The summed E-state index contributed by atoms with van der Waals surface area (Å²) >= 11 is 7.99. The Kier molecular flexibility index (Phi) is 5.83. The molecule has 2 rings (SSSR count). The Bertz CT molecular complexity index is 369. The third-order valence-electron chi connectivity index (χ3n) is 3.39. The molecule has 100 valence electrons. The second kappa shape index (κ2) is 7.39. The molecule has 4 heteroatoms. The van der Waals surface area contributed by atoms with Gasteiger partial charge in [-0.1, -0.05) is 23.7 Å². The molecule has 1 aromatic rings. The van der Waals surface area contributed by atoms with Crippen molar-refractivity contribution in [3.63, 3.8) is 0 Å². The van der Waals surface area contributed by atoms with Gasteiger partial charge in [0.1, 0.15) is 0 Å². The zero-order valence-electron chi connectivity index (χ0n) is 10.7. The van der Waals surface area contributed by atoms with Crippen LogP contribution in [0.5, 0.6) is 0 Å². The first-order chi connectivity index (χ1) is 8.81. The maximum Gasteiger partial charge on any atom is 0.0541 e. The maximum atomic E-state index is 6.17. The number of halogens is 1. The highest BCUT2D eigenvalue weighted by molar-refractivity contribution is 7.99. The summed E-state index contributed by atoms with van der Waals surface area (Å²) in [6.07, 6.45) is 2.44. The summed E-state index contributed by atoms with van der Waals surface area (Å²) in [6, 6.07) is 8.52. The van der Waals surface area contributed by atoms with Crippen molar-refractivity contribution in [3.05, 3.63) is 29.3 Å². The predicted molar refractivity (Wildman–Crippen MR) is 78.6 cm³/mol. The lowest BCUT2D eigenvalue weighted by atomic mass is 9.95. The molecule has 1 aliphatic heterocycles. The molecule has 0 aliphatic carbocycles. The number of hydrogen-bond donors (Lipinski definition) is 1. The summed E-state index contributed by atoms with van der Waals surface area (Å²) in [5.41, 5.74) is 0. The maximum absolute atomic E-state index is 6.17. The Balaban J connectivity index is 1.88. The van der Waals surface area contributed by atoms with E-state index in [0.29, 0.717) is 12.0 Å². The van der Waals surface area contributed by atoms with E-state index in [-0.39, 0.29) is 0 Å². The van der Waals surface area contributed by atoms with Crippen molar-refractivity contribution in [1.29, 1.82) is 0 Å². The number of thioether (sulfide) groups is 1. The largest absolute Gasteiger partial charge is 0.381 e. The van der Waals surface area contributed by atoms with E-state index in [0.717, 1.165) is 28.9 Å². The highest BCUT2D eigenvalue weighted by atomic mass is 35.5. The normalized spacial score (nSPS) is 21.8. The number of nitrogens with one attached hydrogen (secondary N) is 1. The summed E-state index contributed by atoms with van der Waals surface area (Å²) in [7, 11) is 2.03. The van der Waals surface area contributed by atoms with Gasteiger partial charge in [-0.2, -0.15) is 0 Å². The van der Waals surface area contributed by atoms with Gasteiger partial charge in [-0.05, 0) is 37.9 Å². The first-order valence-electron chi connectivity index (χ1n) is 6.43. The smallest absolute Gasteiger partial charge is 0.0541 e. The number of ether oxygens (including phenoxy) is 1. The Hall–Kier alpha value is -0.220. The molecule has 1 heterocycles. The topological polar surface area (TPSA) is 21.3 Å². The van der Waals surface area contributed by atoms with Crippen molar-refractivity contribution in [3.8, 4) is 0 Å². The average molecular weight is 286 g/mol. The third kappa shape index (κ3) is 3.89. The van der Waals surface area contributed by atoms with Crippen LogP contribution in [0.25, 0.3) is 0 Å². The fraction of sp³-hybridized carbons (Fsp3) is 0.571. The van der Waals surface area contributed by atoms with Crippen LogP contribution in [0.4, 0.5) is 0 Å². The molecular formula is C14H20ClNOS. The van der Waals surface area contributed by atoms with E-state index in [1.165, 1.54) is 12.8 Å². The molecular weight excluding hydrogens is 266 g/mol. The van der Waals surface area contributed by atoms with Gasteiger partial charge in [-0.15, -0.1) is 11.8 Å². The summed E-state index contributed by atoms with van der Waals surface area (Å²) in [5, 5.41) is 4.26. The second-order valence-corrected chi connectivity index (χ2v) is 6.08. The molecule has 2 unspecified atom stereocenters. The SMILES string of the molecule is CNC(CSc1ccccc1Cl)C1CCCOC1. The van der Waals surface area contributed by atoms with Gasteiger partial charge in [0, 0.05) is 23.3 Å². The minimum absolute atomic E-state index is 0.492. The van der Waals surface area contributed by atoms with Gasteiger partial charge in [-0.25, -0.2) is 0 Å². The van der Waals surface area contributed by atoms with E-state index in [9.17, 15) is 0 Å². The van der Waals surface area contributed by atoms with Gasteiger partial charge in [0.05, 0.1) is 11.6 Å². The highest BCUT2D eigenvalue weighted by Crippen LogP contribution is 2.29. The van der Waals surface area contributed by atoms with Crippen molar-refractivity contribution in [2.45, 2.75) is 23.8 Å². The fourth-order valence-corrected chi connectivity index (χ4v) is 3.76. The monoisotopic (exact) mass is 285 g/mol. The molecule has 1 fully saturated rings. The van der Waals surface area contributed by atoms with Crippen molar-refractivity contribution >= 4 is 23.4 Å². The molecule has 0 spiro atoms. The number of rotatable bonds is 5. The van der Waals surface area contributed by atoms with Crippen molar-refractivity contribution in [2.24, 2.45) is 5.92 Å². The Morgan fingerprint density at radius 2 is 2.33 bits per heavy atom. The molecule has 18 heavy (non-hydrogen) atoms. The lowest BCUT2D eigenvalue weighted by Gasteiger charge is -2.29. The van der Waals surface area contributed by atoms with Crippen LogP contribution in [0.15, 0.2) is 29.2 Å². The lowest BCUT2D eigenvalue weighted by molar-refractivity contribution is 0.0437.